The van der Waals surface area contributed by atoms with Crippen LogP contribution >= 0.6 is 0 Å². The predicted molar refractivity (Wildman–Crippen MR) is 115 cm³/mol. The lowest BCUT2D eigenvalue weighted by Gasteiger charge is -2.26. The number of nitrogens with one attached hydrogen (secondary N) is 1. The van der Waals surface area contributed by atoms with Crippen molar-refractivity contribution in [2.24, 2.45) is 5.92 Å². The second-order valence-electron chi connectivity index (χ2n) is 7.83. The van der Waals surface area contributed by atoms with E-state index < -0.39 is 10.0 Å². The highest BCUT2D eigenvalue weighted by Crippen LogP contribution is 2.24. The van der Waals surface area contributed by atoms with Gasteiger partial charge in [0.1, 0.15) is 5.82 Å². The third-order valence-electron chi connectivity index (χ3n) is 5.73. The number of halogens is 1. The van der Waals surface area contributed by atoms with Crippen molar-refractivity contribution in [3.63, 3.8) is 0 Å². The van der Waals surface area contributed by atoms with Crippen molar-refractivity contribution in [2.75, 3.05) is 50.8 Å². The van der Waals surface area contributed by atoms with Crippen molar-refractivity contribution in [3.8, 4) is 0 Å². The lowest BCUT2D eigenvalue weighted by Crippen LogP contribution is -2.40. The average molecular weight is 448 g/mol. The summed E-state index contributed by atoms with van der Waals surface area (Å²) in [6.45, 7) is 3.48. The molecule has 7 nitrogen and oxygen atoms in total. The van der Waals surface area contributed by atoms with Gasteiger partial charge < -0.3 is 15.0 Å². The number of hydrogen-bond donors (Lipinski definition) is 1. The number of anilines is 1. The Bertz CT molecular complexity index is 1020. The monoisotopic (exact) mass is 447 g/mol. The van der Waals surface area contributed by atoms with E-state index in [-0.39, 0.29) is 22.5 Å². The highest BCUT2D eigenvalue weighted by atomic mass is 32.2. The third kappa shape index (κ3) is 5.06. The molecule has 2 saturated heterocycles. The normalized spacial score (nSPS) is 20.0. The van der Waals surface area contributed by atoms with E-state index in [1.807, 2.05) is 0 Å². The number of amides is 1. The van der Waals surface area contributed by atoms with Gasteiger partial charge in [0.2, 0.25) is 10.0 Å². The second kappa shape index (κ2) is 9.33. The van der Waals surface area contributed by atoms with Crippen molar-refractivity contribution >= 4 is 21.6 Å². The van der Waals surface area contributed by atoms with Gasteiger partial charge >= 0.3 is 0 Å². The van der Waals surface area contributed by atoms with Crippen LogP contribution in [0.4, 0.5) is 10.1 Å². The Labute approximate surface area is 181 Å². The Hall–Kier alpha value is -2.49. The van der Waals surface area contributed by atoms with Crippen LogP contribution in [0.2, 0.25) is 0 Å². The maximum Gasteiger partial charge on any atom is 0.251 e. The zero-order valence-corrected chi connectivity index (χ0v) is 18.0. The fourth-order valence-corrected chi connectivity index (χ4v) is 5.41. The number of morpholine rings is 1. The summed E-state index contributed by atoms with van der Waals surface area (Å²) in [5.41, 5.74) is 1.29. The number of carbonyl (C=O) groups excluding carboxylic acids is 1. The van der Waals surface area contributed by atoms with Crippen LogP contribution < -0.4 is 10.2 Å². The molecule has 0 spiro atoms. The van der Waals surface area contributed by atoms with Gasteiger partial charge in [-0.25, -0.2) is 12.8 Å². The number of benzene rings is 2. The summed E-state index contributed by atoms with van der Waals surface area (Å²) in [5, 5.41) is 2.93. The molecule has 1 N–H and O–H groups in total. The number of rotatable bonds is 6. The molecule has 0 saturated carbocycles. The van der Waals surface area contributed by atoms with Crippen LogP contribution in [0.1, 0.15) is 16.8 Å². The second-order valence-corrected chi connectivity index (χ2v) is 9.77. The van der Waals surface area contributed by atoms with Crippen molar-refractivity contribution in [3.05, 3.63) is 59.9 Å². The zero-order valence-electron chi connectivity index (χ0n) is 17.2. The first kappa shape index (κ1) is 21.7. The summed E-state index contributed by atoms with van der Waals surface area (Å²) in [5.74, 6) is -0.279. The van der Waals surface area contributed by atoms with Gasteiger partial charge in [-0.3, -0.25) is 4.79 Å². The molecular formula is C22H26FN3O4S. The molecule has 2 fully saturated rings. The molecule has 31 heavy (non-hydrogen) atoms. The fraction of sp³-hybridized carbons (Fsp3) is 0.409. The Morgan fingerprint density at radius 3 is 2.58 bits per heavy atom. The molecule has 9 heteroatoms. The van der Waals surface area contributed by atoms with Gasteiger partial charge in [-0.1, -0.05) is 6.07 Å². The number of sulfonamides is 1. The summed E-state index contributed by atoms with van der Waals surface area (Å²) in [6, 6.07) is 12.6. The number of nitrogens with zero attached hydrogens (tertiary/aromatic N) is 2. The summed E-state index contributed by atoms with van der Waals surface area (Å²) < 4.78 is 45.4. The van der Waals surface area contributed by atoms with Crippen LogP contribution in [0.25, 0.3) is 0 Å². The first-order valence-electron chi connectivity index (χ1n) is 10.4. The molecule has 2 aromatic carbocycles. The van der Waals surface area contributed by atoms with Crippen LogP contribution in [0, 0.1) is 11.7 Å². The van der Waals surface area contributed by atoms with Gasteiger partial charge in [0.05, 0.1) is 18.1 Å². The van der Waals surface area contributed by atoms with Gasteiger partial charge in [0.25, 0.3) is 5.91 Å². The minimum atomic E-state index is -3.65. The van der Waals surface area contributed by atoms with Gasteiger partial charge in [0.15, 0.2) is 0 Å². The van der Waals surface area contributed by atoms with Gasteiger partial charge in [-0.2, -0.15) is 4.31 Å². The van der Waals surface area contributed by atoms with Gasteiger partial charge in [0, 0.05) is 44.0 Å². The molecule has 1 atom stereocenters. The molecule has 0 radical (unpaired) electrons. The van der Waals surface area contributed by atoms with Crippen LogP contribution in [0.15, 0.2) is 53.4 Å². The van der Waals surface area contributed by atoms with E-state index in [2.05, 4.69) is 10.2 Å². The molecule has 2 aliphatic heterocycles. The lowest BCUT2D eigenvalue weighted by molar-refractivity contribution is 0.0730. The molecule has 0 bridgehead atoms. The van der Waals surface area contributed by atoms with Crippen LogP contribution in [0.5, 0.6) is 0 Å². The maximum atomic E-state index is 13.1. The average Bonchev–Trinajstić information content (AvgIpc) is 3.27. The first-order valence-corrected chi connectivity index (χ1v) is 11.8. The minimum Gasteiger partial charge on any atom is -0.379 e. The van der Waals surface area contributed by atoms with E-state index in [1.165, 1.54) is 28.6 Å². The number of ether oxygens (including phenoxy) is 1. The first-order chi connectivity index (χ1) is 14.9. The summed E-state index contributed by atoms with van der Waals surface area (Å²) in [6.07, 6.45) is 0.920. The number of hydrogen-bond acceptors (Lipinski definition) is 5. The topological polar surface area (TPSA) is 79.0 Å². The highest BCUT2D eigenvalue weighted by Gasteiger charge is 2.27. The predicted octanol–water partition coefficient (Wildman–Crippen LogP) is 2.10. The zero-order chi connectivity index (χ0) is 21.8. The SMILES string of the molecule is O=C(NCC1CCN(c2ccc(F)cc2)C1)c1cccc(S(=O)(=O)N2CCOCC2)c1. The number of carbonyl (C=O) groups is 1. The smallest absolute Gasteiger partial charge is 0.251 e. The maximum absolute atomic E-state index is 13.1. The molecule has 4 rings (SSSR count). The molecule has 1 amide bonds. The van der Waals surface area contributed by atoms with E-state index in [9.17, 15) is 17.6 Å². The van der Waals surface area contributed by atoms with E-state index >= 15 is 0 Å². The van der Waals surface area contributed by atoms with Crippen molar-refractivity contribution < 1.29 is 22.3 Å². The Balaban J connectivity index is 1.35. The van der Waals surface area contributed by atoms with Gasteiger partial charge in [-0.05, 0) is 54.8 Å². The fourth-order valence-electron chi connectivity index (χ4n) is 3.96. The molecule has 1 unspecified atom stereocenters. The van der Waals surface area contributed by atoms with Crippen molar-refractivity contribution in [1.29, 1.82) is 0 Å². The van der Waals surface area contributed by atoms with E-state index in [4.69, 9.17) is 4.74 Å². The van der Waals surface area contributed by atoms with E-state index in [1.54, 1.807) is 24.3 Å². The third-order valence-corrected chi connectivity index (χ3v) is 7.63. The lowest BCUT2D eigenvalue weighted by atomic mass is 10.1. The van der Waals surface area contributed by atoms with Crippen molar-refractivity contribution in [1.82, 2.24) is 9.62 Å². The van der Waals surface area contributed by atoms with Crippen LogP contribution in [-0.2, 0) is 14.8 Å². The highest BCUT2D eigenvalue weighted by molar-refractivity contribution is 7.89. The van der Waals surface area contributed by atoms with Crippen LogP contribution in [0.3, 0.4) is 0 Å². The molecule has 2 aromatic rings. The largest absolute Gasteiger partial charge is 0.379 e. The Morgan fingerprint density at radius 1 is 1.10 bits per heavy atom. The molecule has 166 valence electrons. The molecule has 0 aromatic heterocycles. The summed E-state index contributed by atoms with van der Waals surface area (Å²) in [4.78, 5) is 14.9. The van der Waals surface area contributed by atoms with E-state index in [0.717, 1.165) is 25.2 Å². The van der Waals surface area contributed by atoms with Crippen molar-refractivity contribution in [2.45, 2.75) is 11.3 Å². The Morgan fingerprint density at radius 2 is 1.84 bits per heavy atom. The molecular weight excluding hydrogens is 421 g/mol. The molecule has 2 aliphatic rings. The van der Waals surface area contributed by atoms with E-state index in [0.29, 0.717) is 38.4 Å². The Kier molecular flexibility index (Phi) is 6.54. The van der Waals surface area contributed by atoms with Gasteiger partial charge in [-0.15, -0.1) is 0 Å². The standard InChI is InChI=1S/C22H26FN3O4S/c23-19-4-6-20(7-5-19)25-9-8-17(16-25)15-24-22(27)18-2-1-3-21(14-18)31(28,29)26-10-12-30-13-11-26/h1-7,14,17H,8-13,15-16H2,(H,24,27). The quantitative estimate of drug-likeness (QED) is 0.734. The molecule has 0 aliphatic carbocycles. The summed E-state index contributed by atoms with van der Waals surface area (Å²) in [7, 11) is -3.65. The minimum absolute atomic E-state index is 0.116. The summed E-state index contributed by atoms with van der Waals surface area (Å²) >= 11 is 0. The molecule has 2 heterocycles. The van der Waals surface area contributed by atoms with Crippen LogP contribution in [-0.4, -0.2) is 64.6 Å².